The van der Waals surface area contributed by atoms with Crippen LogP contribution in [0, 0.1) is 0 Å². The van der Waals surface area contributed by atoms with E-state index in [0.717, 1.165) is 10.6 Å². The standard InChI is InChI=1S/C19H24O3S2/c20-17(16-24-19-9-5-2-6-10-19)15-22-12-11-21-13-14-23-18-7-3-1-4-8-18/h1-10,17,20H,11-16H2. The molecule has 0 saturated heterocycles. The van der Waals surface area contributed by atoms with Crippen molar-refractivity contribution in [2.45, 2.75) is 15.9 Å². The fourth-order valence-electron chi connectivity index (χ4n) is 1.93. The fourth-order valence-corrected chi connectivity index (χ4v) is 3.55. The van der Waals surface area contributed by atoms with Crippen molar-refractivity contribution < 1.29 is 14.6 Å². The van der Waals surface area contributed by atoms with Gasteiger partial charge in [-0.3, -0.25) is 0 Å². The molecule has 1 unspecified atom stereocenters. The van der Waals surface area contributed by atoms with Crippen molar-refractivity contribution in [3.63, 3.8) is 0 Å². The topological polar surface area (TPSA) is 38.7 Å². The quantitative estimate of drug-likeness (QED) is 0.456. The van der Waals surface area contributed by atoms with Crippen LogP contribution >= 0.6 is 23.5 Å². The minimum absolute atomic E-state index is 0.349. The van der Waals surface area contributed by atoms with Crippen molar-refractivity contribution >= 4 is 23.5 Å². The zero-order valence-corrected chi connectivity index (χ0v) is 15.3. The summed E-state index contributed by atoms with van der Waals surface area (Å²) >= 11 is 3.42. The highest BCUT2D eigenvalue weighted by Crippen LogP contribution is 2.18. The Morgan fingerprint density at radius 1 is 0.750 bits per heavy atom. The minimum Gasteiger partial charge on any atom is -0.390 e. The number of benzene rings is 2. The number of ether oxygens (including phenoxy) is 2. The number of aliphatic hydroxyl groups is 1. The number of hydrogen-bond acceptors (Lipinski definition) is 5. The van der Waals surface area contributed by atoms with Gasteiger partial charge in [-0.05, 0) is 24.3 Å². The summed E-state index contributed by atoms with van der Waals surface area (Å²) in [5, 5.41) is 9.89. The van der Waals surface area contributed by atoms with Crippen LogP contribution in [0.5, 0.6) is 0 Å². The highest BCUT2D eigenvalue weighted by molar-refractivity contribution is 7.99. The molecule has 0 aliphatic carbocycles. The van der Waals surface area contributed by atoms with Gasteiger partial charge in [0, 0.05) is 21.3 Å². The molecule has 130 valence electrons. The van der Waals surface area contributed by atoms with Crippen molar-refractivity contribution in [1.82, 2.24) is 0 Å². The first-order valence-corrected chi connectivity index (χ1v) is 10.0. The second-order valence-electron chi connectivity index (χ2n) is 5.13. The highest BCUT2D eigenvalue weighted by atomic mass is 32.2. The van der Waals surface area contributed by atoms with Crippen LogP contribution in [0.4, 0.5) is 0 Å². The van der Waals surface area contributed by atoms with Crippen molar-refractivity contribution in [3.8, 4) is 0 Å². The SMILES string of the molecule is OC(COCCOCCSc1ccccc1)CSc1ccccc1. The fraction of sp³-hybridized carbons (Fsp3) is 0.368. The first kappa shape index (κ1) is 19.3. The monoisotopic (exact) mass is 364 g/mol. The van der Waals surface area contributed by atoms with E-state index < -0.39 is 6.10 Å². The van der Waals surface area contributed by atoms with E-state index in [-0.39, 0.29) is 0 Å². The Kier molecular flexibility index (Phi) is 9.99. The second kappa shape index (κ2) is 12.4. The van der Waals surface area contributed by atoms with Crippen LogP contribution in [-0.4, -0.2) is 49.1 Å². The van der Waals surface area contributed by atoms with E-state index in [1.807, 2.05) is 48.5 Å². The summed E-state index contributed by atoms with van der Waals surface area (Å²) in [7, 11) is 0. The lowest BCUT2D eigenvalue weighted by Crippen LogP contribution is -2.19. The molecular weight excluding hydrogens is 340 g/mol. The molecule has 24 heavy (non-hydrogen) atoms. The van der Waals surface area contributed by atoms with Gasteiger partial charge < -0.3 is 14.6 Å². The normalized spacial score (nSPS) is 12.2. The lowest BCUT2D eigenvalue weighted by molar-refractivity contribution is 0.0139. The van der Waals surface area contributed by atoms with E-state index in [9.17, 15) is 5.11 Å². The van der Waals surface area contributed by atoms with Crippen LogP contribution < -0.4 is 0 Å². The molecule has 0 aliphatic heterocycles. The molecule has 0 spiro atoms. The van der Waals surface area contributed by atoms with E-state index in [1.54, 1.807) is 23.5 Å². The maximum atomic E-state index is 9.89. The number of aliphatic hydroxyl groups excluding tert-OH is 1. The predicted octanol–water partition coefficient (Wildman–Crippen LogP) is 3.97. The van der Waals surface area contributed by atoms with E-state index in [4.69, 9.17) is 9.47 Å². The molecule has 2 rings (SSSR count). The van der Waals surface area contributed by atoms with E-state index in [2.05, 4.69) is 12.1 Å². The Bertz CT molecular complexity index is 537. The van der Waals surface area contributed by atoms with Gasteiger partial charge in [0.1, 0.15) is 0 Å². The highest BCUT2D eigenvalue weighted by Gasteiger charge is 2.05. The van der Waals surface area contributed by atoms with E-state index in [1.165, 1.54) is 4.90 Å². The maximum absolute atomic E-state index is 9.89. The summed E-state index contributed by atoms with van der Waals surface area (Å²) in [6, 6.07) is 20.4. The van der Waals surface area contributed by atoms with Gasteiger partial charge in [-0.25, -0.2) is 0 Å². The van der Waals surface area contributed by atoms with Gasteiger partial charge in [0.05, 0.1) is 32.5 Å². The lowest BCUT2D eigenvalue weighted by atomic mass is 10.4. The Labute approximate surface area is 152 Å². The summed E-state index contributed by atoms with van der Waals surface area (Å²) in [6.45, 7) is 2.13. The Morgan fingerprint density at radius 2 is 1.33 bits per heavy atom. The molecule has 2 aromatic carbocycles. The van der Waals surface area contributed by atoms with Crippen molar-refractivity contribution in [2.24, 2.45) is 0 Å². The van der Waals surface area contributed by atoms with Crippen LogP contribution in [0.3, 0.4) is 0 Å². The van der Waals surface area contributed by atoms with Crippen LogP contribution in [0.2, 0.25) is 0 Å². The van der Waals surface area contributed by atoms with Crippen LogP contribution in [0.25, 0.3) is 0 Å². The third-order valence-corrected chi connectivity index (χ3v) is 5.24. The molecule has 5 heteroatoms. The summed E-state index contributed by atoms with van der Waals surface area (Å²) in [4.78, 5) is 2.42. The van der Waals surface area contributed by atoms with E-state index in [0.29, 0.717) is 32.2 Å². The third kappa shape index (κ3) is 8.76. The first-order valence-electron chi connectivity index (χ1n) is 8.04. The third-order valence-electron chi connectivity index (χ3n) is 3.11. The summed E-state index contributed by atoms with van der Waals surface area (Å²) in [6.07, 6.45) is -0.455. The molecular formula is C19H24O3S2. The molecule has 3 nitrogen and oxygen atoms in total. The molecule has 0 saturated carbocycles. The second-order valence-corrected chi connectivity index (χ2v) is 7.39. The smallest absolute Gasteiger partial charge is 0.0867 e. The Hall–Kier alpha value is -0.980. The van der Waals surface area contributed by atoms with Gasteiger partial charge in [0.25, 0.3) is 0 Å². The first-order chi connectivity index (χ1) is 11.8. The Balaban J connectivity index is 1.41. The van der Waals surface area contributed by atoms with Crippen molar-refractivity contribution in [3.05, 3.63) is 60.7 Å². The molecule has 0 aliphatic rings. The van der Waals surface area contributed by atoms with Crippen molar-refractivity contribution in [2.75, 3.05) is 37.9 Å². The molecule has 0 heterocycles. The zero-order valence-electron chi connectivity index (χ0n) is 13.7. The average molecular weight is 365 g/mol. The van der Waals surface area contributed by atoms with Gasteiger partial charge in [0.2, 0.25) is 0 Å². The predicted molar refractivity (Wildman–Crippen MR) is 102 cm³/mol. The molecule has 0 radical (unpaired) electrons. The van der Waals surface area contributed by atoms with Gasteiger partial charge >= 0.3 is 0 Å². The Morgan fingerprint density at radius 3 is 2.00 bits per heavy atom. The largest absolute Gasteiger partial charge is 0.390 e. The van der Waals surface area contributed by atoms with Crippen LogP contribution in [0.1, 0.15) is 0 Å². The van der Waals surface area contributed by atoms with Crippen LogP contribution in [-0.2, 0) is 9.47 Å². The molecule has 0 amide bonds. The minimum atomic E-state index is -0.455. The van der Waals surface area contributed by atoms with Crippen molar-refractivity contribution in [1.29, 1.82) is 0 Å². The van der Waals surface area contributed by atoms with Gasteiger partial charge in [0.15, 0.2) is 0 Å². The average Bonchev–Trinajstić information content (AvgIpc) is 2.64. The maximum Gasteiger partial charge on any atom is 0.0867 e. The van der Waals surface area contributed by atoms with Gasteiger partial charge in [-0.2, -0.15) is 0 Å². The molecule has 1 atom stereocenters. The molecule has 1 N–H and O–H groups in total. The summed E-state index contributed by atoms with van der Waals surface area (Å²) in [5.74, 6) is 1.57. The molecule has 0 fully saturated rings. The summed E-state index contributed by atoms with van der Waals surface area (Å²) < 4.78 is 11.0. The van der Waals surface area contributed by atoms with Gasteiger partial charge in [-0.15, -0.1) is 23.5 Å². The molecule has 2 aromatic rings. The summed E-state index contributed by atoms with van der Waals surface area (Å²) in [5.41, 5.74) is 0. The number of rotatable bonds is 12. The van der Waals surface area contributed by atoms with E-state index >= 15 is 0 Å². The number of thioether (sulfide) groups is 2. The zero-order chi connectivity index (χ0) is 16.9. The van der Waals surface area contributed by atoms with Crippen LogP contribution in [0.15, 0.2) is 70.5 Å². The number of hydrogen-bond donors (Lipinski definition) is 1. The lowest BCUT2D eigenvalue weighted by Gasteiger charge is -2.11. The molecule has 0 aromatic heterocycles. The molecule has 0 bridgehead atoms. The van der Waals surface area contributed by atoms with Gasteiger partial charge in [-0.1, -0.05) is 36.4 Å².